The van der Waals surface area contributed by atoms with Crippen LogP contribution in [0.15, 0.2) is 48.5 Å². The highest BCUT2D eigenvalue weighted by Gasteiger charge is 2.10. The molecule has 0 saturated carbocycles. The molecule has 0 bridgehead atoms. The van der Waals surface area contributed by atoms with Crippen LogP contribution in [-0.4, -0.2) is 11.9 Å². The zero-order chi connectivity index (χ0) is 15.2. The fourth-order valence-corrected chi connectivity index (χ4v) is 2.40. The topological polar surface area (TPSA) is 55.1 Å². The quantitative estimate of drug-likeness (QED) is 0.833. The van der Waals surface area contributed by atoms with E-state index >= 15 is 0 Å². The molecule has 0 aliphatic heterocycles. The molecule has 0 aliphatic rings. The van der Waals surface area contributed by atoms with Crippen LogP contribution in [0.3, 0.4) is 0 Å². The largest absolute Gasteiger partial charge is 0.399 e. The molecule has 1 atom stereocenters. The number of carbonyl (C=O) groups excluding carboxylic acids is 1. The summed E-state index contributed by atoms with van der Waals surface area (Å²) in [6.07, 6.45) is 1.07. The molecule has 3 N–H and O–H groups in total. The van der Waals surface area contributed by atoms with E-state index in [2.05, 4.69) is 5.32 Å². The Balaban J connectivity index is 1.87. The molecular formula is C17H19ClN2O. The summed E-state index contributed by atoms with van der Waals surface area (Å²) in [5, 5.41) is 3.72. The normalized spacial score (nSPS) is 11.9. The van der Waals surface area contributed by atoms with Gasteiger partial charge in [0.25, 0.3) is 0 Å². The van der Waals surface area contributed by atoms with Crippen molar-refractivity contribution in [3.63, 3.8) is 0 Å². The van der Waals surface area contributed by atoms with E-state index in [0.29, 0.717) is 18.5 Å². The molecule has 4 heteroatoms. The maximum atomic E-state index is 12.0. The van der Waals surface area contributed by atoms with Crippen molar-refractivity contribution in [2.45, 2.75) is 25.8 Å². The lowest BCUT2D eigenvalue weighted by molar-refractivity contribution is -0.121. The van der Waals surface area contributed by atoms with Crippen LogP contribution in [0.25, 0.3) is 0 Å². The summed E-state index contributed by atoms with van der Waals surface area (Å²) in [5.74, 6) is -0.000625. The molecule has 2 aromatic rings. The molecule has 0 aromatic heterocycles. The van der Waals surface area contributed by atoms with Crippen molar-refractivity contribution < 1.29 is 4.79 Å². The van der Waals surface area contributed by atoms with Crippen molar-refractivity contribution in [1.82, 2.24) is 5.32 Å². The maximum Gasteiger partial charge on any atom is 0.224 e. The number of anilines is 1. The zero-order valence-corrected chi connectivity index (χ0v) is 12.7. The van der Waals surface area contributed by atoms with Gasteiger partial charge in [0, 0.05) is 16.8 Å². The van der Waals surface area contributed by atoms with Crippen LogP contribution < -0.4 is 11.1 Å². The van der Waals surface area contributed by atoms with Crippen molar-refractivity contribution in [3.05, 3.63) is 64.7 Å². The highest BCUT2D eigenvalue weighted by molar-refractivity contribution is 6.31. The fraction of sp³-hybridized carbons (Fsp3) is 0.235. The average molecular weight is 303 g/mol. The summed E-state index contributed by atoms with van der Waals surface area (Å²) in [4.78, 5) is 12.0. The number of nitrogens with one attached hydrogen (secondary N) is 1. The first kappa shape index (κ1) is 15.4. The van der Waals surface area contributed by atoms with Crippen LogP contribution >= 0.6 is 11.6 Å². The lowest BCUT2D eigenvalue weighted by Crippen LogP contribution is -2.35. The highest BCUT2D eigenvalue weighted by Crippen LogP contribution is 2.16. The maximum absolute atomic E-state index is 12.0. The zero-order valence-electron chi connectivity index (χ0n) is 12.0. The van der Waals surface area contributed by atoms with Crippen LogP contribution in [-0.2, 0) is 17.6 Å². The van der Waals surface area contributed by atoms with Gasteiger partial charge in [-0.1, -0.05) is 41.9 Å². The second-order valence-corrected chi connectivity index (χ2v) is 5.59. The van der Waals surface area contributed by atoms with E-state index in [4.69, 9.17) is 17.3 Å². The summed E-state index contributed by atoms with van der Waals surface area (Å²) in [6.45, 7) is 1.98. The van der Waals surface area contributed by atoms with Crippen LogP contribution in [0.4, 0.5) is 5.69 Å². The molecule has 3 nitrogen and oxygen atoms in total. The number of amides is 1. The minimum Gasteiger partial charge on any atom is -0.399 e. The third-order valence-electron chi connectivity index (χ3n) is 3.24. The average Bonchev–Trinajstić information content (AvgIpc) is 2.44. The number of nitrogens with two attached hydrogens (primary N) is 1. The summed E-state index contributed by atoms with van der Waals surface area (Å²) in [6, 6.07) is 15.1. The number of carbonyl (C=O) groups is 1. The molecule has 2 aromatic carbocycles. The highest BCUT2D eigenvalue weighted by atomic mass is 35.5. The number of rotatable bonds is 5. The van der Waals surface area contributed by atoms with Gasteiger partial charge < -0.3 is 11.1 Å². The van der Waals surface area contributed by atoms with Gasteiger partial charge in [-0.05, 0) is 42.7 Å². The molecule has 0 spiro atoms. The van der Waals surface area contributed by atoms with Crippen molar-refractivity contribution in [3.8, 4) is 0 Å². The Labute approximate surface area is 130 Å². The second-order valence-electron chi connectivity index (χ2n) is 5.18. The number of nitrogen functional groups attached to an aromatic ring is 1. The number of hydrogen-bond acceptors (Lipinski definition) is 2. The molecule has 0 heterocycles. The van der Waals surface area contributed by atoms with Gasteiger partial charge >= 0.3 is 0 Å². The smallest absolute Gasteiger partial charge is 0.224 e. The molecule has 2 rings (SSSR count). The van der Waals surface area contributed by atoms with Crippen molar-refractivity contribution in [1.29, 1.82) is 0 Å². The van der Waals surface area contributed by atoms with E-state index in [9.17, 15) is 4.79 Å². The van der Waals surface area contributed by atoms with Crippen molar-refractivity contribution >= 4 is 23.2 Å². The Morgan fingerprint density at radius 2 is 1.86 bits per heavy atom. The van der Waals surface area contributed by atoms with Gasteiger partial charge in [-0.2, -0.15) is 0 Å². The van der Waals surface area contributed by atoms with Gasteiger partial charge in [0.05, 0.1) is 6.42 Å². The standard InChI is InChI=1S/C17H19ClN2O/c1-12(10-14-4-2-3-5-16(14)18)20-17(21)11-13-6-8-15(19)9-7-13/h2-9,12H,10-11,19H2,1H3,(H,20,21). The van der Waals surface area contributed by atoms with E-state index < -0.39 is 0 Å². The minimum absolute atomic E-state index is 0.000625. The van der Waals surface area contributed by atoms with Gasteiger partial charge in [-0.15, -0.1) is 0 Å². The Hall–Kier alpha value is -2.00. The Morgan fingerprint density at radius 1 is 1.19 bits per heavy atom. The van der Waals surface area contributed by atoms with Crippen LogP contribution in [0.2, 0.25) is 5.02 Å². The van der Waals surface area contributed by atoms with Gasteiger partial charge in [-0.3, -0.25) is 4.79 Å². The van der Waals surface area contributed by atoms with Crippen LogP contribution in [0.1, 0.15) is 18.1 Å². The first-order valence-corrected chi connectivity index (χ1v) is 7.29. The molecule has 21 heavy (non-hydrogen) atoms. The van der Waals surface area contributed by atoms with Crippen LogP contribution in [0.5, 0.6) is 0 Å². The first-order chi connectivity index (χ1) is 10.0. The molecule has 1 amide bonds. The van der Waals surface area contributed by atoms with Gasteiger partial charge in [0.15, 0.2) is 0 Å². The Bertz CT molecular complexity index is 610. The summed E-state index contributed by atoms with van der Waals surface area (Å²) >= 11 is 6.12. The summed E-state index contributed by atoms with van der Waals surface area (Å²) in [5.41, 5.74) is 8.32. The third kappa shape index (κ3) is 4.80. The second kappa shape index (κ2) is 7.14. The molecular weight excluding hydrogens is 284 g/mol. The number of benzene rings is 2. The number of halogens is 1. The Kier molecular flexibility index (Phi) is 5.23. The molecule has 0 fully saturated rings. The van der Waals surface area contributed by atoms with Crippen LogP contribution in [0, 0.1) is 0 Å². The summed E-state index contributed by atoms with van der Waals surface area (Å²) < 4.78 is 0. The van der Waals surface area contributed by atoms with E-state index in [0.717, 1.165) is 16.1 Å². The lowest BCUT2D eigenvalue weighted by atomic mass is 10.1. The summed E-state index contributed by atoms with van der Waals surface area (Å²) in [7, 11) is 0. The van der Waals surface area contributed by atoms with Gasteiger partial charge in [0.2, 0.25) is 5.91 Å². The van der Waals surface area contributed by atoms with E-state index in [1.165, 1.54) is 0 Å². The minimum atomic E-state index is -0.000625. The SMILES string of the molecule is CC(Cc1ccccc1Cl)NC(=O)Cc1ccc(N)cc1. The van der Waals surface area contributed by atoms with E-state index in [1.807, 2.05) is 43.3 Å². The molecule has 1 unspecified atom stereocenters. The molecule has 110 valence electrons. The monoisotopic (exact) mass is 302 g/mol. The van der Waals surface area contributed by atoms with Crippen molar-refractivity contribution in [2.75, 3.05) is 5.73 Å². The Morgan fingerprint density at radius 3 is 2.52 bits per heavy atom. The van der Waals surface area contributed by atoms with Gasteiger partial charge in [0.1, 0.15) is 0 Å². The molecule has 0 saturated heterocycles. The van der Waals surface area contributed by atoms with E-state index in [1.54, 1.807) is 12.1 Å². The predicted molar refractivity (Wildman–Crippen MR) is 87.3 cm³/mol. The third-order valence-corrected chi connectivity index (χ3v) is 3.60. The fourth-order valence-electron chi connectivity index (χ4n) is 2.19. The predicted octanol–water partition coefficient (Wildman–Crippen LogP) is 3.21. The van der Waals surface area contributed by atoms with Gasteiger partial charge in [-0.25, -0.2) is 0 Å². The lowest BCUT2D eigenvalue weighted by Gasteiger charge is -2.15. The molecule has 0 radical (unpaired) electrons. The number of hydrogen-bond donors (Lipinski definition) is 2. The van der Waals surface area contributed by atoms with E-state index in [-0.39, 0.29) is 11.9 Å². The first-order valence-electron chi connectivity index (χ1n) is 6.92. The van der Waals surface area contributed by atoms with Crippen molar-refractivity contribution in [2.24, 2.45) is 0 Å². The molecule has 0 aliphatic carbocycles.